The van der Waals surface area contributed by atoms with Crippen LogP contribution in [0, 0.1) is 11.3 Å². The van der Waals surface area contributed by atoms with Crippen LogP contribution in [0.2, 0.25) is 0 Å². The Balaban J connectivity index is 1.58. The first-order valence-electron chi connectivity index (χ1n) is 7.91. The minimum absolute atomic E-state index is 0.675. The molecule has 0 amide bonds. The van der Waals surface area contributed by atoms with Crippen molar-refractivity contribution >= 4 is 22.5 Å². The van der Waals surface area contributed by atoms with Crippen LogP contribution >= 0.6 is 0 Å². The van der Waals surface area contributed by atoms with Gasteiger partial charge in [-0.3, -0.25) is 0 Å². The van der Waals surface area contributed by atoms with Gasteiger partial charge in [-0.15, -0.1) is 0 Å². The van der Waals surface area contributed by atoms with Crippen molar-refractivity contribution in [2.75, 3.05) is 36.0 Å². The molecule has 1 aromatic carbocycles. The van der Waals surface area contributed by atoms with Crippen molar-refractivity contribution in [1.82, 2.24) is 15.0 Å². The Morgan fingerprint density at radius 3 is 2.42 bits per heavy atom. The van der Waals surface area contributed by atoms with Crippen LogP contribution in [0.5, 0.6) is 0 Å². The maximum atomic E-state index is 9.43. The van der Waals surface area contributed by atoms with Crippen molar-refractivity contribution in [3.63, 3.8) is 0 Å². The smallest absolute Gasteiger partial charge is 0.132 e. The number of rotatable bonds is 2. The normalized spacial score (nSPS) is 14.6. The van der Waals surface area contributed by atoms with Crippen molar-refractivity contribution in [3.8, 4) is 6.07 Å². The molecule has 2 aromatic heterocycles. The summed E-state index contributed by atoms with van der Waals surface area (Å²) in [4.78, 5) is 17.5. The second kappa shape index (κ2) is 6.13. The van der Waals surface area contributed by atoms with Gasteiger partial charge in [0.15, 0.2) is 0 Å². The first-order chi connectivity index (χ1) is 11.8. The molecule has 0 atom stereocenters. The van der Waals surface area contributed by atoms with E-state index in [1.165, 1.54) is 0 Å². The lowest BCUT2D eigenvalue weighted by Crippen LogP contribution is -2.47. The Bertz CT molecular complexity index is 894. The zero-order chi connectivity index (χ0) is 16.4. The molecule has 0 bridgehead atoms. The minimum atomic E-state index is 0.675. The summed E-state index contributed by atoms with van der Waals surface area (Å²) in [7, 11) is 0. The fourth-order valence-electron chi connectivity index (χ4n) is 3.05. The summed E-state index contributed by atoms with van der Waals surface area (Å²) in [5.74, 6) is 1.82. The van der Waals surface area contributed by atoms with Crippen LogP contribution in [-0.4, -0.2) is 41.1 Å². The van der Waals surface area contributed by atoms with Gasteiger partial charge in [0, 0.05) is 37.8 Å². The van der Waals surface area contributed by atoms with Crippen molar-refractivity contribution in [3.05, 3.63) is 54.5 Å². The number of hydrogen-bond donors (Lipinski definition) is 0. The summed E-state index contributed by atoms with van der Waals surface area (Å²) in [5.41, 5.74) is 1.54. The molecular formula is C18H16N6. The molecule has 0 aliphatic carbocycles. The summed E-state index contributed by atoms with van der Waals surface area (Å²) >= 11 is 0. The highest BCUT2D eigenvalue weighted by atomic mass is 15.3. The Labute approximate surface area is 140 Å². The molecule has 24 heavy (non-hydrogen) atoms. The van der Waals surface area contributed by atoms with E-state index in [1.807, 2.05) is 36.4 Å². The van der Waals surface area contributed by atoms with Gasteiger partial charge < -0.3 is 9.80 Å². The lowest BCUT2D eigenvalue weighted by atomic mass is 10.1. The Morgan fingerprint density at radius 1 is 0.958 bits per heavy atom. The average Bonchev–Trinajstić information content (AvgIpc) is 2.68. The summed E-state index contributed by atoms with van der Waals surface area (Å²) in [6.45, 7) is 3.43. The minimum Gasteiger partial charge on any atom is -0.353 e. The number of pyridine rings is 1. The number of aromatic nitrogens is 3. The number of piperazine rings is 1. The van der Waals surface area contributed by atoms with Crippen molar-refractivity contribution in [2.24, 2.45) is 0 Å². The Morgan fingerprint density at radius 2 is 1.71 bits per heavy atom. The third-order valence-electron chi connectivity index (χ3n) is 4.32. The summed E-state index contributed by atoms with van der Waals surface area (Å²) in [5, 5.41) is 10.3. The predicted molar refractivity (Wildman–Crippen MR) is 92.9 cm³/mol. The lowest BCUT2D eigenvalue weighted by molar-refractivity contribution is 0.642. The van der Waals surface area contributed by atoms with Crippen molar-refractivity contribution in [1.29, 1.82) is 5.26 Å². The maximum absolute atomic E-state index is 9.43. The van der Waals surface area contributed by atoms with Gasteiger partial charge in [0.05, 0.1) is 17.1 Å². The molecule has 118 valence electrons. The van der Waals surface area contributed by atoms with Crippen LogP contribution in [0.1, 0.15) is 5.56 Å². The molecule has 3 heterocycles. The summed E-state index contributed by atoms with van der Waals surface area (Å²) < 4.78 is 0. The molecule has 0 N–H and O–H groups in total. The van der Waals surface area contributed by atoms with E-state index < -0.39 is 0 Å². The zero-order valence-electron chi connectivity index (χ0n) is 13.1. The molecule has 0 radical (unpaired) electrons. The first-order valence-corrected chi connectivity index (χ1v) is 7.91. The molecular weight excluding hydrogens is 300 g/mol. The van der Waals surface area contributed by atoms with Gasteiger partial charge in [-0.2, -0.15) is 5.26 Å². The highest BCUT2D eigenvalue weighted by Crippen LogP contribution is 2.24. The molecule has 0 spiro atoms. The topological polar surface area (TPSA) is 68.9 Å². The molecule has 1 aliphatic heterocycles. The average molecular weight is 316 g/mol. The van der Waals surface area contributed by atoms with Crippen molar-refractivity contribution in [2.45, 2.75) is 0 Å². The van der Waals surface area contributed by atoms with E-state index in [0.29, 0.717) is 5.56 Å². The number of fused-ring (bicyclic) bond motifs is 1. The van der Waals surface area contributed by atoms with Gasteiger partial charge in [-0.05, 0) is 18.2 Å². The number of nitrogens with zero attached hydrogens (tertiary/aromatic N) is 6. The van der Waals surface area contributed by atoms with Crippen LogP contribution in [0.25, 0.3) is 10.9 Å². The summed E-state index contributed by atoms with van der Waals surface area (Å²) in [6.07, 6.45) is 3.34. The highest BCUT2D eigenvalue weighted by Gasteiger charge is 2.20. The standard InChI is InChI=1S/C18H16N6/c19-12-14-11-18(22-16-4-2-1-3-15(14)16)24-9-7-23(8-10-24)17-5-6-20-13-21-17/h1-6,11,13H,7-10H2. The third kappa shape index (κ3) is 2.61. The fraction of sp³-hybridized carbons (Fsp3) is 0.222. The van der Waals surface area contributed by atoms with E-state index in [0.717, 1.165) is 48.7 Å². The second-order valence-corrected chi connectivity index (χ2v) is 5.70. The van der Waals surface area contributed by atoms with Crippen LogP contribution in [0.3, 0.4) is 0 Å². The molecule has 6 heteroatoms. The van der Waals surface area contributed by atoms with E-state index in [2.05, 4.69) is 25.8 Å². The van der Waals surface area contributed by atoms with Gasteiger partial charge in [0.1, 0.15) is 18.0 Å². The van der Waals surface area contributed by atoms with Gasteiger partial charge in [-0.25, -0.2) is 15.0 Å². The molecule has 1 saturated heterocycles. The Hall–Kier alpha value is -3.20. The highest BCUT2D eigenvalue weighted by molar-refractivity contribution is 5.86. The van der Waals surface area contributed by atoms with E-state index in [9.17, 15) is 5.26 Å². The van der Waals surface area contributed by atoms with Crippen LogP contribution in [-0.2, 0) is 0 Å². The summed E-state index contributed by atoms with van der Waals surface area (Å²) in [6, 6.07) is 13.9. The van der Waals surface area contributed by atoms with Gasteiger partial charge >= 0.3 is 0 Å². The van der Waals surface area contributed by atoms with E-state index in [4.69, 9.17) is 4.98 Å². The molecule has 6 nitrogen and oxygen atoms in total. The van der Waals surface area contributed by atoms with E-state index >= 15 is 0 Å². The molecule has 1 fully saturated rings. The third-order valence-corrected chi connectivity index (χ3v) is 4.32. The van der Waals surface area contributed by atoms with Crippen LogP contribution in [0.15, 0.2) is 48.9 Å². The zero-order valence-corrected chi connectivity index (χ0v) is 13.1. The van der Waals surface area contributed by atoms with E-state index in [1.54, 1.807) is 12.5 Å². The second-order valence-electron chi connectivity index (χ2n) is 5.70. The van der Waals surface area contributed by atoms with Gasteiger partial charge in [0.25, 0.3) is 0 Å². The lowest BCUT2D eigenvalue weighted by Gasteiger charge is -2.36. The molecule has 4 rings (SSSR count). The van der Waals surface area contributed by atoms with E-state index in [-0.39, 0.29) is 0 Å². The number of benzene rings is 1. The SMILES string of the molecule is N#Cc1cc(N2CCN(c3ccncn3)CC2)nc2ccccc12. The molecule has 0 saturated carbocycles. The van der Waals surface area contributed by atoms with Crippen molar-refractivity contribution < 1.29 is 0 Å². The monoisotopic (exact) mass is 316 g/mol. The fourth-order valence-corrected chi connectivity index (χ4v) is 3.05. The molecule has 3 aromatic rings. The Kier molecular flexibility index (Phi) is 3.67. The molecule has 0 unspecified atom stereocenters. The number of para-hydroxylation sites is 1. The number of nitriles is 1. The first kappa shape index (κ1) is 14.4. The quantitative estimate of drug-likeness (QED) is 0.722. The van der Waals surface area contributed by atoms with Crippen LogP contribution < -0.4 is 9.80 Å². The van der Waals surface area contributed by atoms with Gasteiger partial charge in [-0.1, -0.05) is 18.2 Å². The van der Waals surface area contributed by atoms with Gasteiger partial charge in [0.2, 0.25) is 0 Å². The number of anilines is 2. The number of hydrogen-bond acceptors (Lipinski definition) is 6. The molecule has 1 aliphatic rings. The maximum Gasteiger partial charge on any atom is 0.132 e. The largest absolute Gasteiger partial charge is 0.353 e. The predicted octanol–water partition coefficient (Wildman–Crippen LogP) is 2.22. The van der Waals surface area contributed by atoms with Crippen LogP contribution in [0.4, 0.5) is 11.6 Å².